The van der Waals surface area contributed by atoms with E-state index >= 15 is 0 Å². The fourth-order valence-electron chi connectivity index (χ4n) is 2.68. The zero-order valence-corrected chi connectivity index (χ0v) is 15.4. The Hall–Kier alpha value is -1.15. The Morgan fingerprint density at radius 1 is 1.21 bits per heavy atom. The van der Waals surface area contributed by atoms with E-state index in [1.807, 2.05) is 0 Å². The average molecular weight is 375 g/mol. The van der Waals surface area contributed by atoms with Crippen LogP contribution in [-0.4, -0.2) is 49.7 Å². The number of methoxy groups -OCH3 is 1. The molecule has 0 amide bonds. The number of halogens is 1. The Labute approximate surface area is 148 Å². The molecule has 0 spiro atoms. The highest BCUT2D eigenvalue weighted by molar-refractivity contribution is 7.86. The first-order valence-electron chi connectivity index (χ1n) is 8.00. The van der Waals surface area contributed by atoms with Gasteiger partial charge >= 0.3 is 5.97 Å². The molecule has 0 saturated carbocycles. The van der Waals surface area contributed by atoms with Gasteiger partial charge in [-0.3, -0.25) is 4.79 Å². The predicted octanol–water partition coefficient (Wildman–Crippen LogP) is 2.44. The van der Waals surface area contributed by atoms with Gasteiger partial charge in [-0.25, -0.2) is 0 Å². The van der Waals surface area contributed by atoms with Crippen LogP contribution in [0.4, 0.5) is 0 Å². The van der Waals surface area contributed by atoms with Gasteiger partial charge in [0.25, 0.3) is 10.2 Å². The fraction of sp³-hybridized carbons (Fsp3) is 0.562. The molecule has 1 aromatic carbocycles. The lowest BCUT2D eigenvalue weighted by Crippen LogP contribution is -2.46. The number of ether oxygens (including phenoxy) is 1. The van der Waals surface area contributed by atoms with Gasteiger partial charge in [0, 0.05) is 24.7 Å². The average Bonchev–Trinajstić information content (AvgIpc) is 2.85. The summed E-state index contributed by atoms with van der Waals surface area (Å²) < 4.78 is 33.3. The van der Waals surface area contributed by atoms with Crippen LogP contribution in [0.1, 0.15) is 31.2 Å². The van der Waals surface area contributed by atoms with Crippen molar-refractivity contribution in [1.82, 2.24) is 8.61 Å². The van der Waals surface area contributed by atoms with Crippen molar-refractivity contribution in [3.05, 3.63) is 34.9 Å². The second kappa shape index (κ2) is 8.80. The quantitative estimate of drug-likeness (QED) is 0.717. The SMILES string of the molecule is COC(=O)CN(Cc1ccccc1Cl)S(=O)(=O)N1CCCCCC1. The molecule has 2 rings (SSSR count). The van der Waals surface area contributed by atoms with E-state index in [1.54, 1.807) is 24.3 Å². The maximum absolute atomic E-state index is 13.0. The van der Waals surface area contributed by atoms with E-state index in [4.69, 9.17) is 11.6 Å². The van der Waals surface area contributed by atoms with Gasteiger partial charge in [-0.2, -0.15) is 17.0 Å². The van der Waals surface area contributed by atoms with Gasteiger partial charge in [0.2, 0.25) is 0 Å². The fourth-order valence-corrected chi connectivity index (χ4v) is 4.49. The number of carbonyl (C=O) groups is 1. The van der Waals surface area contributed by atoms with E-state index < -0.39 is 16.2 Å². The van der Waals surface area contributed by atoms with Gasteiger partial charge in [0.15, 0.2) is 0 Å². The van der Waals surface area contributed by atoms with Gasteiger partial charge < -0.3 is 4.74 Å². The summed E-state index contributed by atoms with van der Waals surface area (Å²) in [6, 6.07) is 7.02. The predicted molar refractivity (Wildman–Crippen MR) is 92.8 cm³/mol. The first kappa shape index (κ1) is 19.2. The van der Waals surface area contributed by atoms with Crippen molar-refractivity contribution in [3.63, 3.8) is 0 Å². The Morgan fingerprint density at radius 2 is 1.83 bits per heavy atom. The van der Waals surface area contributed by atoms with Crippen LogP contribution in [0.25, 0.3) is 0 Å². The largest absolute Gasteiger partial charge is 0.468 e. The number of carbonyl (C=O) groups excluding carboxylic acids is 1. The summed E-state index contributed by atoms with van der Waals surface area (Å²) in [4.78, 5) is 11.7. The molecule has 0 aromatic heterocycles. The number of hydrogen-bond acceptors (Lipinski definition) is 4. The third-order valence-electron chi connectivity index (χ3n) is 4.06. The molecule has 134 valence electrons. The normalized spacial score (nSPS) is 16.8. The van der Waals surface area contributed by atoms with Crippen molar-refractivity contribution >= 4 is 27.8 Å². The van der Waals surface area contributed by atoms with Crippen LogP contribution in [0.2, 0.25) is 5.02 Å². The molecule has 0 radical (unpaired) electrons. The van der Waals surface area contributed by atoms with Crippen LogP contribution >= 0.6 is 11.6 Å². The van der Waals surface area contributed by atoms with Crippen molar-refractivity contribution < 1.29 is 17.9 Å². The van der Waals surface area contributed by atoms with Crippen LogP contribution in [0.5, 0.6) is 0 Å². The van der Waals surface area contributed by atoms with E-state index in [0.29, 0.717) is 23.7 Å². The molecule has 0 atom stereocenters. The van der Waals surface area contributed by atoms with Crippen LogP contribution < -0.4 is 0 Å². The number of nitrogens with zero attached hydrogens (tertiary/aromatic N) is 2. The molecule has 0 N–H and O–H groups in total. The number of esters is 1. The van der Waals surface area contributed by atoms with Crippen molar-refractivity contribution in [2.45, 2.75) is 32.2 Å². The minimum absolute atomic E-state index is 0.0353. The Balaban J connectivity index is 2.26. The first-order valence-corrected chi connectivity index (χ1v) is 9.78. The standard InChI is InChI=1S/C16H23ClN2O4S/c1-23-16(20)13-19(12-14-8-4-5-9-15(14)17)24(21,22)18-10-6-2-3-7-11-18/h4-5,8-9H,2-3,6-7,10-13H2,1H3. The smallest absolute Gasteiger partial charge is 0.321 e. The third kappa shape index (κ3) is 4.92. The van der Waals surface area contributed by atoms with Gasteiger partial charge in [-0.15, -0.1) is 0 Å². The molecule has 0 bridgehead atoms. The van der Waals surface area contributed by atoms with E-state index in [9.17, 15) is 13.2 Å². The lowest BCUT2D eigenvalue weighted by molar-refractivity contribution is -0.140. The lowest BCUT2D eigenvalue weighted by Gasteiger charge is -2.28. The monoisotopic (exact) mass is 374 g/mol. The summed E-state index contributed by atoms with van der Waals surface area (Å²) in [6.07, 6.45) is 3.70. The zero-order chi connectivity index (χ0) is 17.6. The van der Waals surface area contributed by atoms with Crippen molar-refractivity contribution in [1.29, 1.82) is 0 Å². The molecular weight excluding hydrogens is 352 g/mol. The zero-order valence-electron chi connectivity index (χ0n) is 13.8. The van der Waals surface area contributed by atoms with E-state index in [1.165, 1.54) is 11.4 Å². The molecule has 1 aromatic rings. The third-order valence-corrected chi connectivity index (χ3v) is 6.35. The highest BCUT2D eigenvalue weighted by atomic mass is 35.5. The van der Waals surface area contributed by atoms with Gasteiger partial charge in [0.05, 0.1) is 7.11 Å². The minimum Gasteiger partial charge on any atom is -0.468 e. The molecule has 1 aliphatic rings. The first-order chi connectivity index (χ1) is 11.4. The van der Waals surface area contributed by atoms with Crippen LogP contribution in [0.15, 0.2) is 24.3 Å². The Kier molecular flexibility index (Phi) is 7.03. The molecule has 1 fully saturated rings. The summed E-state index contributed by atoms with van der Waals surface area (Å²) >= 11 is 6.15. The summed E-state index contributed by atoms with van der Waals surface area (Å²) in [6.45, 7) is 0.652. The molecule has 0 unspecified atom stereocenters. The maximum atomic E-state index is 13.0. The van der Waals surface area contributed by atoms with Gasteiger partial charge in [-0.05, 0) is 24.5 Å². The minimum atomic E-state index is -3.76. The van der Waals surface area contributed by atoms with E-state index in [2.05, 4.69) is 4.74 Å². The maximum Gasteiger partial charge on any atom is 0.321 e. The van der Waals surface area contributed by atoms with Crippen molar-refractivity contribution in [2.24, 2.45) is 0 Å². The molecule has 1 aliphatic heterocycles. The van der Waals surface area contributed by atoms with Crippen LogP contribution in [0, 0.1) is 0 Å². The highest BCUT2D eigenvalue weighted by Gasteiger charge is 2.32. The topological polar surface area (TPSA) is 66.9 Å². The number of benzene rings is 1. The van der Waals surface area contributed by atoms with Gasteiger partial charge in [0.1, 0.15) is 6.54 Å². The summed E-state index contributed by atoms with van der Waals surface area (Å²) in [5, 5.41) is 0.471. The molecule has 24 heavy (non-hydrogen) atoms. The number of rotatable bonds is 6. The van der Waals surface area contributed by atoms with E-state index in [-0.39, 0.29) is 13.1 Å². The number of hydrogen-bond donors (Lipinski definition) is 0. The molecule has 0 aliphatic carbocycles. The van der Waals surface area contributed by atoms with Crippen LogP contribution in [0.3, 0.4) is 0 Å². The molecular formula is C16H23ClN2O4S. The molecule has 1 heterocycles. The van der Waals surface area contributed by atoms with Gasteiger partial charge in [-0.1, -0.05) is 42.6 Å². The van der Waals surface area contributed by atoms with Crippen molar-refractivity contribution in [2.75, 3.05) is 26.7 Å². The Bertz CT molecular complexity index is 658. The van der Waals surface area contributed by atoms with E-state index in [0.717, 1.165) is 30.0 Å². The van der Waals surface area contributed by atoms with Crippen LogP contribution in [-0.2, 0) is 26.3 Å². The molecule has 1 saturated heterocycles. The lowest BCUT2D eigenvalue weighted by atomic mass is 10.2. The highest BCUT2D eigenvalue weighted by Crippen LogP contribution is 2.22. The second-order valence-electron chi connectivity index (χ2n) is 5.76. The summed E-state index contributed by atoms with van der Waals surface area (Å²) in [5.41, 5.74) is 0.654. The molecule has 6 nitrogen and oxygen atoms in total. The Morgan fingerprint density at radius 3 is 2.42 bits per heavy atom. The summed E-state index contributed by atoms with van der Waals surface area (Å²) in [7, 11) is -2.52. The van der Waals surface area contributed by atoms with Crippen molar-refractivity contribution in [3.8, 4) is 0 Å². The second-order valence-corrected chi connectivity index (χ2v) is 8.09. The summed E-state index contributed by atoms with van der Waals surface area (Å²) in [5.74, 6) is -0.597. The molecule has 8 heteroatoms.